The Morgan fingerprint density at radius 1 is 1.42 bits per heavy atom. The zero-order valence-corrected chi connectivity index (χ0v) is 12.4. The van der Waals surface area contributed by atoms with Crippen LogP contribution in [0.4, 0.5) is 0 Å². The van der Waals surface area contributed by atoms with Gasteiger partial charge in [0.2, 0.25) is 0 Å². The molecule has 1 aromatic carbocycles. The van der Waals surface area contributed by atoms with Crippen molar-refractivity contribution in [2.24, 2.45) is 0 Å². The van der Waals surface area contributed by atoms with Crippen molar-refractivity contribution in [2.45, 2.75) is 20.4 Å². The van der Waals surface area contributed by atoms with Crippen LogP contribution in [0.2, 0.25) is 5.02 Å². The normalized spacial score (nSPS) is 10.8. The number of H-pyrrole nitrogens is 1. The van der Waals surface area contributed by atoms with E-state index in [2.05, 4.69) is 15.3 Å². The summed E-state index contributed by atoms with van der Waals surface area (Å²) >= 11 is 6.33. The standard InChI is InChI=1S/C14H18ClN3O/c1-8-5-11(19-4)13(9(2)14(8)15)10-6-17-12(18-10)7-16-3/h5-6,16H,7H2,1-4H3,(H,17,18). The first-order valence-corrected chi connectivity index (χ1v) is 6.48. The number of nitrogens with one attached hydrogen (secondary N) is 2. The zero-order valence-electron chi connectivity index (χ0n) is 11.6. The van der Waals surface area contributed by atoms with Crippen molar-refractivity contribution in [1.29, 1.82) is 0 Å². The fraction of sp³-hybridized carbons (Fsp3) is 0.357. The Morgan fingerprint density at radius 3 is 2.79 bits per heavy atom. The van der Waals surface area contributed by atoms with Gasteiger partial charge >= 0.3 is 0 Å². The first-order valence-electron chi connectivity index (χ1n) is 6.11. The van der Waals surface area contributed by atoms with Gasteiger partial charge in [-0.05, 0) is 38.1 Å². The van der Waals surface area contributed by atoms with Gasteiger partial charge in [-0.3, -0.25) is 0 Å². The Morgan fingerprint density at radius 2 is 2.16 bits per heavy atom. The Balaban J connectivity index is 2.56. The molecule has 2 aromatic rings. The summed E-state index contributed by atoms with van der Waals surface area (Å²) in [6.07, 6.45) is 1.81. The highest BCUT2D eigenvalue weighted by atomic mass is 35.5. The van der Waals surface area contributed by atoms with Crippen LogP contribution in [0.3, 0.4) is 0 Å². The molecule has 0 radical (unpaired) electrons. The maximum absolute atomic E-state index is 6.33. The maximum Gasteiger partial charge on any atom is 0.128 e. The summed E-state index contributed by atoms with van der Waals surface area (Å²) in [6.45, 7) is 4.66. The number of nitrogens with zero attached hydrogens (tertiary/aromatic N) is 1. The molecule has 19 heavy (non-hydrogen) atoms. The van der Waals surface area contributed by atoms with E-state index >= 15 is 0 Å². The molecule has 1 aromatic heterocycles. The van der Waals surface area contributed by atoms with E-state index in [1.807, 2.05) is 33.2 Å². The second-order valence-corrected chi connectivity index (χ2v) is 4.86. The summed E-state index contributed by atoms with van der Waals surface area (Å²) in [5.41, 5.74) is 3.89. The van der Waals surface area contributed by atoms with Gasteiger partial charge in [0.15, 0.2) is 0 Å². The highest BCUT2D eigenvalue weighted by Gasteiger charge is 2.16. The molecule has 102 valence electrons. The van der Waals surface area contributed by atoms with Crippen LogP contribution in [-0.4, -0.2) is 24.1 Å². The number of hydrogen-bond acceptors (Lipinski definition) is 3. The summed E-state index contributed by atoms with van der Waals surface area (Å²) in [7, 11) is 3.55. The highest BCUT2D eigenvalue weighted by Crippen LogP contribution is 2.38. The molecule has 0 fully saturated rings. The third-order valence-corrected chi connectivity index (χ3v) is 3.69. The van der Waals surface area contributed by atoms with E-state index in [-0.39, 0.29) is 0 Å². The average Bonchev–Trinajstić information content (AvgIpc) is 2.84. The smallest absolute Gasteiger partial charge is 0.128 e. The summed E-state index contributed by atoms with van der Waals surface area (Å²) in [5, 5.41) is 3.83. The molecule has 5 heteroatoms. The number of benzene rings is 1. The molecule has 0 saturated heterocycles. The van der Waals surface area contributed by atoms with Crippen molar-refractivity contribution in [2.75, 3.05) is 14.2 Å². The summed E-state index contributed by atoms with van der Waals surface area (Å²) in [4.78, 5) is 7.61. The van der Waals surface area contributed by atoms with Gasteiger partial charge in [-0.25, -0.2) is 4.98 Å². The fourth-order valence-corrected chi connectivity index (χ4v) is 2.31. The molecular weight excluding hydrogens is 262 g/mol. The van der Waals surface area contributed by atoms with E-state index in [0.29, 0.717) is 6.54 Å². The molecule has 0 unspecified atom stereocenters. The lowest BCUT2D eigenvalue weighted by atomic mass is 10.0. The maximum atomic E-state index is 6.33. The topological polar surface area (TPSA) is 49.9 Å². The highest BCUT2D eigenvalue weighted by molar-refractivity contribution is 6.32. The molecule has 2 rings (SSSR count). The van der Waals surface area contributed by atoms with Gasteiger partial charge in [-0.15, -0.1) is 0 Å². The number of aromatic nitrogens is 2. The molecule has 0 aliphatic heterocycles. The number of halogens is 1. The molecule has 0 aliphatic carbocycles. The van der Waals surface area contributed by atoms with E-state index < -0.39 is 0 Å². The quantitative estimate of drug-likeness (QED) is 0.904. The van der Waals surface area contributed by atoms with Gasteiger partial charge in [0.05, 0.1) is 25.5 Å². The van der Waals surface area contributed by atoms with Crippen LogP contribution >= 0.6 is 11.6 Å². The van der Waals surface area contributed by atoms with E-state index in [4.69, 9.17) is 16.3 Å². The predicted molar refractivity (Wildman–Crippen MR) is 77.8 cm³/mol. The van der Waals surface area contributed by atoms with Crippen molar-refractivity contribution >= 4 is 11.6 Å². The minimum Gasteiger partial charge on any atom is -0.496 e. The van der Waals surface area contributed by atoms with E-state index in [1.54, 1.807) is 7.11 Å². The van der Waals surface area contributed by atoms with Crippen molar-refractivity contribution in [3.05, 3.63) is 34.2 Å². The van der Waals surface area contributed by atoms with Gasteiger partial charge in [0.25, 0.3) is 0 Å². The lowest BCUT2D eigenvalue weighted by molar-refractivity contribution is 0.415. The van der Waals surface area contributed by atoms with Crippen LogP contribution in [0.25, 0.3) is 11.3 Å². The first kappa shape index (κ1) is 13.9. The van der Waals surface area contributed by atoms with Crippen LogP contribution in [0.5, 0.6) is 5.75 Å². The SMILES string of the molecule is CNCc1ncc(-c2c(OC)cc(C)c(Cl)c2C)[nH]1. The molecule has 4 nitrogen and oxygen atoms in total. The molecule has 0 spiro atoms. The zero-order chi connectivity index (χ0) is 14.0. The second-order valence-electron chi connectivity index (χ2n) is 4.48. The Hall–Kier alpha value is -1.52. The van der Waals surface area contributed by atoms with Crippen molar-refractivity contribution in [1.82, 2.24) is 15.3 Å². The van der Waals surface area contributed by atoms with Gasteiger partial charge in [-0.2, -0.15) is 0 Å². The molecule has 1 heterocycles. The van der Waals surface area contributed by atoms with Crippen LogP contribution in [0.1, 0.15) is 17.0 Å². The van der Waals surface area contributed by atoms with Crippen molar-refractivity contribution in [3.63, 3.8) is 0 Å². The van der Waals surface area contributed by atoms with Gasteiger partial charge in [0.1, 0.15) is 11.6 Å². The second kappa shape index (κ2) is 5.63. The van der Waals surface area contributed by atoms with Crippen molar-refractivity contribution < 1.29 is 4.74 Å². The number of ether oxygens (including phenoxy) is 1. The minimum absolute atomic E-state index is 0.695. The average molecular weight is 280 g/mol. The van der Waals surface area contributed by atoms with Gasteiger partial charge < -0.3 is 15.0 Å². The molecule has 0 aliphatic rings. The minimum atomic E-state index is 0.695. The molecular formula is C14H18ClN3O. The first-order chi connectivity index (χ1) is 9.08. The molecule has 0 atom stereocenters. The number of imidazole rings is 1. The number of rotatable bonds is 4. The predicted octanol–water partition coefficient (Wildman–Crippen LogP) is 3.07. The van der Waals surface area contributed by atoms with Gasteiger partial charge in [0, 0.05) is 10.6 Å². The summed E-state index contributed by atoms with van der Waals surface area (Å²) in [6, 6.07) is 1.95. The number of aryl methyl sites for hydroxylation is 1. The summed E-state index contributed by atoms with van der Waals surface area (Å²) in [5.74, 6) is 1.69. The van der Waals surface area contributed by atoms with Crippen LogP contribution in [0, 0.1) is 13.8 Å². The van der Waals surface area contributed by atoms with E-state index in [0.717, 1.165) is 39.0 Å². The molecule has 0 bridgehead atoms. The number of aromatic amines is 1. The fourth-order valence-electron chi connectivity index (χ4n) is 2.16. The van der Waals surface area contributed by atoms with Crippen LogP contribution < -0.4 is 10.1 Å². The third kappa shape index (κ3) is 2.60. The Labute approximate surface area is 118 Å². The van der Waals surface area contributed by atoms with Crippen molar-refractivity contribution in [3.8, 4) is 17.0 Å². The monoisotopic (exact) mass is 279 g/mol. The van der Waals surface area contributed by atoms with E-state index in [1.165, 1.54) is 0 Å². The van der Waals surface area contributed by atoms with Crippen LogP contribution in [-0.2, 0) is 6.54 Å². The third-order valence-electron chi connectivity index (χ3n) is 3.11. The lowest BCUT2D eigenvalue weighted by Gasteiger charge is -2.13. The largest absolute Gasteiger partial charge is 0.496 e. The molecule has 2 N–H and O–H groups in total. The number of hydrogen-bond donors (Lipinski definition) is 2. The Bertz CT molecular complexity index is 593. The van der Waals surface area contributed by atoms with E-state index in [9.17, 15) is 0 Å². The summed E-state index contributed by atoms with van der Waals surface area (Å²) < 4.78 is 5.46. The van der Waals surface area contributed by atoms with Gasteiger partial charge in [-0.1, -0.05) is 11.6 Å². The molecule has 0 saturated carbocycles. The lowest BCUT2D eigenvalue weighted by Crippen LogP contribution is -2.06. The van der Waals surface area contributed by atoms with Crippen LogP contribution in [0.15, 0.2) is 12.3 Å². The number of methoxy groups -OCH3 is 1. The Kier molecular flexibility index (Phi) is 4.12. The molecule has 0 amide bonds.